The number of aryl methyl sites for hydroxylation is 1. The molecule has 0 saturated heterocycles. The van der Waals surface area contributed by atoms with E-state index in [1.54, 1.807) is 11.3 Å². The van der Waals surface area contributed by atoms with Gasteiger partial charge in [0.05, 0.1) is 12.7 Å². The molecule has 1 heterocycles. The van der Waals surface area contributed by atoms with E-state index in [0.29, 0.717) is 22.9 Å². The SMILES string of the molecule is COC(=O)c1c(NC(=O)CCC2CCCCC2)sc2c1CCC2. The number of rotatable bonds is 5. The molecule has 1 amide bonds. The number of methoxy groups -OCH3 is 1. The van der Waals surface area contributed by atoms with Gasteiger partial charge in [0.1, 0.15) is 5.00 Å². The van der Waals surface area contributed by atoms with Crippen LogP contribution in [-0.2, 0) is 22.4 Å². The topological polar surface area (TPSA) is 55.4 Å². The smallest absolute Gasteiger partial charge is 0.341 e. The van der Waals surface area contributed by atoms with Crippen LogP contribution >= 0.6 is 11.3 Å². The lowest BCUT2D eigenvalue weighted by molar-refractivity contribution is -0.116. The van der Waals surface area contributed by atoms with Crippen molar-refractivity contribution in [1.29, 1.82) is 0 Å². The van der Waals surface area contributed by atoms with Crippen molar-refractivity contribution in [3.8, 4) is 0 Å². The van der Waals surface area contributed by atoms with E-state index in [-0.39, 0.29) is 11.9 Å². The molecule has 0 bridgehead atoms. The van der Waals surface area contributed by atoms with Crippen LogP contribution in [0.25, 0.3) is 0 Å². The number of hydrogen-bond acceptors (Lipinski definition) is 4. The second-order valence-electron chi connectivity index (χ2n) is 6.64. The zero-order chi connectivity index (χ0) is 16.2. The second kappa shape index (κ2) is 7.47. The maximum atomic E-state index is 12.3. The molecular weight excluding hydrogens is 310 g/mol. The van der Waals surface area contributed by atoms with Crippen LogP contribution in [0.2, 0.25) is 0 Å². The lowest BCUT2D eigenvalue weighted by atomic mass is 9.86. The molecule has 2 aliphatic carbocycles. The highest BCUT2D eigenvalue weighted by atomic mass is 32.1. The van der Waals surface area contributed by atoms with Crippen molar-refractivity contribution in [2.24, 2.45) is 5.92 Å². The monoisotopic (exact) mass is 335 g/mol. The van der Waals surface area contributed by atoms with Gasteiger partial charge in [-0.05, 0) is 37.2 Å². The third-order valence-corrected chi connectivity index (χ3v) is 6.28. The van der Waals surface area contributed by atoms with Crippen molar-refractivity contribution in [1.82, 2.24) is 0 Å². The van der Waals surface area contributed by atoms with Gasteiger partial charge < -0.3 is 10.1 Å². The number of anilines is 1. The molecule has 1 saturated carbocycles. The van der Waals surface area contributed by atoms with Gasteiger partial charge >= 0.3 is 5.97 Å². The summed E-state index contributed by atoms with van der Waals surface area (Å²) in [4.78, 5) is 25.6. The van der Waals surface area contributed by atoms with Crippen molar-refractivity contribution < 1.29 is 14.3 Å². The van der Waals surface area contributed by atoms with Gasteiger partial charge in [0.2, 0.25) is 5.91 Å². The maximum absolute atomic E-state index is 12.3. The minimum absolute atomic E-state index is 0.0284. The van der Waals surface area contributed by atoms with Gasteiger partial charge in [-0.25, -0.2) is 4.79 Å². The van der Waals surface area contributed by atoms with E-state index in [9.17, 15) is 9.59 Å². The van der Waals surface area contributed by atoms with Gasteiger partial charge in [0, 0.05) is 11.3 Å². The summed E-state index contributed by atoms with van der Waals surface area (Å²) in [5, 5.41) is 3.66. The number of esters is 1. The number of ether oxygens (including phenoxy) is 1. The first kappa shape index (κ1) is 16.5. The summed E-state index contributed by atoms with van der Waals surface area (Å²) >= 11 is 1.55. The Bertz CT molecular complexity index is 587. The Morgan fingerprint density at radius 3 is 2.70 bits per heavy atom. The molecule has 0 unspecified atom stereocenters. The average Bonchev–Trinajstić information content (AvgIpc) is 3.14. The second-order valence-corrected chi connectivity index (χ2v) is 7.75. The van der Waals surface area contributed by atoms with Crippen LogP contribution in [0.1, 0.15) is 72.2 Å². The molecule has 2 aliphatic rings. The first-order valence-electron chi connectivity index (χ1n) is 8.71. The summed E-state index contributed by atoms with van der Waals surface area (Å²) in [5.74, 6) is 0.399. The number of fused-ring (bicyclic) bond motifs is 1. The Labute approximate surface area is 141 Å². The molecule has 0 aliphatic heterocycles. The van der Waals surface area contributed by atoms with Gasteiger partial charge in [0.15, 0.2) is 0 Å². The summed E-state index contributed by atoms with van der Waals surface area (Å²) in [6.07, 6.45) is 11.0. The number of carbonyl (C=O) groups excluding carboxylic acids is 2. The molecule has 0 aromatic carbocycles. The molecule has 1 aromatic rings. The number of amides is 1. The van der Waals surface area contributed by atoms with Gasteiger partial charge in [-0.15, -0.1) is 11.3 Å². The molecule has 0 atom stereocenters. The van der Waals surface area contributed by atoms with Crippen LogP contribution in [0.5, 0.6) is 0 Å². The van der Waals surface area contributed by atoms with E-state index in [4.69, 9.17) is 4.74 Å². The molecule has 1 fully saturated rings. The van der Waals surface area contributed by atoms with Crippen LogP contribution in [0.15, 0.2) is 0 Å². The molecular formula is C18H25NO3S. The molecule has 5 heteroatoms. The predicted molar refractivity (Wildman–Crippen MR) is 92.1 cm³/mol. The standard InChI is InChI=1S/C18H25NO3S/c1-22-18(21)16-13-8-5-9-14(13)23-17(16)19-15(20)11-10-12-6-3-2-4-7-12/h12H,2-11H2,1H3,(H,19,20). The Kier molecular flexibility index (Phi) is 5.36. The van der Waals surface area contributed by atoms with Crippen LogP contribution in [0.4, 0.5) is 5.00 Å². The fraction of sp³-hybridized carbons (Fsp3) is 0.667. The fourth-order valence-corrected chi connectivity index (χ4v) is 5.10. The van der Waals surface area contributed by atoms with E-state index in [1.807, 2.05) is 0 Å². The highest BCUT2D eigenvalue weighted by Crippen LogP contribution is 2.39. The van der Waals surface area contributed by atoms with Gasteiger partial charge in [-0.1, -0.05) is 32.1 Å². The van der Waals surface area contributed by atoms with Gasteiger partial charge in [0.25, 0.3) is 0 Å². The summed E-state index contributed by atoms with van der Waals surface area (Å²) < 4.78 is 4.91. The van der Waals surface area contributed by atoms with E-state index in [2.05, 4.69) is 5.32 Å². The van der Waals surface area contributed by atoms with E-state index < -0.39 is 0 Å². The number of thiophene rings is 1. The molecule has 1 N–H and O–H groups in total. The highest BCUT2D eigenvalue weighted by Gasteiger charge is 2.28. The third kappa shape index (κ3) is 3.77. The van der Waals surface area contributed by atoms with E-state index >= 15 is 0 Å². The Morgan fingerprint density at radius 1 is 1.17 bits per heavy atom. The Balaban J connectivity index is 1.63. The van der Waals surface area contributed by atoms with E-state index in [0.717, 1.165) is 31.2 Å². The van der Waals surface area contributed by atoms with Gasteiger partial charge in [-0.2, -0.15) is 0 Å². The highest BCUT2D eigenvalue weighted by molar-refractivity contribution is 7.17. The largest absolute Gasteiger partial charge is 0.465 e. The Hall–Kier alpha value is -1.36. The average molecular weight is 335 g/mol. The van der Waals surface area contributed by atoms with Crippen molar-refractivity contribution in [2.45, 2.75) is 64.2 Å². The third-order valence-electron chi connectivity index (χ3n) is 5.07. The summed E-state index contributed by atoms with van der Waals surface area (Å²) in [6.45, 7) is 0. The first-order valence-corrected chi connectivity index (χ1v) is 9.53. The van der Waals surface area contributed by atoms with Crippen LogP contribution in [0.3, 0.4) is 0 Å². The zero-order valence-corrected chi connectivity index (χ0v) is 14.6. The van der Waals surface area contributed by atoms with Crippen molar-refractivity contribution in [2.75, 3.05) is 12.4 Å². The predicted octanol–water partition coefficient (Wildman–Crippen LogP) is 4.32. The summed E-state index contributed by atoms with van der Waals surface area (Å²) in [6, 6.07) is 0. The normalized spacial score (nSPS) is 17.8. The quantitative estimate of drug-likeness (QED) is 0.815. The summed E-state index contributed by atoms with van der Waals surface area (Å²) in [7, 11) is 1.40. The van der Waals surface area contributed by atoms with Crippen LogP contribution in [-0.4, -0.2) is 19.0 Å². The molecule has 126 valence electrons. The molecule has 0 spiro atoms. The van der Waals surface area contributed by atoms with Crippen molar-refractivity contribution in [3.05, 3.63) is 16.0 Å². The minimum atomic E-state index is -0.327. The number of carbonyl (C=O) groups is 2. The van der Waals surface area contributed by atoms with Crippen LogP contribution in [0, 0.1) is 5.92 Å². The Morgan fingerprint density at radius 2 is 1.96 bits per heavy atom. The van der Waals surface area contributed by atoms with E-state index in [1.165, 1.54) is 44.1 Å². The summed E-state index contributed by atoms with van der Waals surface area (Å²) in [5.41, 5.74) is 1.68. The number of nitrogens with one attached hydrogen (secondary N) is 1. The van der Waals surface area contributed by atoms with Crippen molar-refractivity contribution in [3.63, 3.8) is 0 Å². The molecule has 4 nitrogen and oxygen atoms in total. The maximum Gasteiger partial charge on any atom is 0.341 e. The molecule has 3 rings (SSSR count). The first-order chi connectivity index (χ1) is 11.2. The fourth-order valence-electron chi connectivity index (χ4n) is 3.81. The van der Waals surface area contributed by atoms with Gasteiger partial charge in [-0.3, -0.25) is 4.79 Å². The lowest BCUT2D eigenvalue weighted by Gasteiger charge is -2.20. The number of hydrogen-bond donors (Lipinski definition) is 1. The molecule has 23 heavy (non-hydrogen) atoms. The van der Waals surface area contributed by atoms with Crippen molar-refractivity contribution >= 4 is 28.2 Å². The zero-order valence-electron chi connectivity index (χ0n) is 13.8. The lowest BCUT2D eigenvalue weighted by Crippen LogP contribution is -2.16. The molecule has 0 radical (unpaired) electrons. The molecule has 1 aromatic heterocycles. The minimum Gasteiger partial charge on any atom is -0.465 e. The van der Waals surface area contributed by atoms with Crippen LogP contribution < -0.4 is 5.32 Å².